The minimum Gasteiger partial charge on any atom is -0.406 e. The molecule has 16 heavy (non-hydrogen) atoms. The maximum absolute atomic E-state index is 9.06. The van der Waals surface area contributed by atoms with Crippen LogP contribution < -0.4 is 0 Å². The van der Waals surface area contributed by atoms with Gasteiger partial charge in [0.1, 0.15) is 0 Å². The Hall–Kier alpha value is -0.343. The zero-order valence-corrected chi connectivity index (χ0v) is 12.0. The summed E-state index contributed by atoms with van der Waals surface area (Å²) in [6.07, 6.45) is -0.433. The first kappa shape index (κ1) is 15.7. The molecule has 0 saturated carbocycles. The van der Waals surface area contributed by atoms with Gasteiger partial charge in [-0.1, -0.05) is 32.6 Å². The highest BCUT2D eigenvalue weighted by atomic mass is 28.4. The third-order valence-electron chi connectivity index (χ3n) is 2.98. The Labute approximate surface area is 100.0 Å². The molecule has 0 spiro atoms. The van der Waals surface area contributed by atoms with Gasteiger partial charge >= 0.3 is 0 Å². The molecule has 0 radical (unpaired) electrons. The van der Waals surface area contributed by atoms with E-state index in [-0.39, 0.29) is 11.6 Å². The first-order chi connectivity index (χ1) is 7.20. The second-order valence-electron chi connectivity index (χ2n) is 5.44. The lowest BCUT2D eigenvalue weighted by Crippen LogP contribution is -2.40. The monoisotopic (exact) mass is 244 g/mol. The largest absolute Gasteiger partial charge is 0.406 e. The average Bonchev–Trinajstić information content (AvgIpc) is 2.15. The molecule has 4 heteroatoms. The standard InChI is InChI=1S/C12H24O3Si/c1-12(2,3)16(4,5)15-9-7-6-8-11(14)10-13/h11,13-14H,8-10H2,1-5H3. The Kier molecular flexibility index (Phi) is 6.27. The van der Waals surface area contributed by atoms with E-state index in [1.54, 1.807) is 0 Å². The van der Waals surface area contributed by atoms with E-state index in [0.717, 1.165) is 0 Å². The van der Waals surface area contributed by atoms with Crippen LogP contribution in [0.1, 0.15) is 27.2 Å². The van der Waals surface area contributed by atoms with Gasteiger partial charge in [0, 0.05) is 6.42 Å². The third-order valence-corrected chi connectivity index (χ3v) is 7.46. The van der Waals surface area contributed by atoms with Crippen molar-refractivity contribution in [2.24, 2.45) is 0 Å². The van der Waals surface area contributed by atoms with E-state index >= 15 is 0 Å². The first-order valence-corrected chi connectivity index (χ1v) is 8.50. The minimum absolute atomic E-state index is 0.194. The van der Waals surface area contributed by atoms with Gasteiger partial charge in [-0.15, -0.1) is 0 Å². The SMILES string of the molecule is CC(C)(C)[Si](C)(C)OCC#CCC(O)CO. The van der Waals surface area contributed by atoms with Crippen molar-refractivity contribution in [3.63, 3.8) is 0 Å². The highest BCUT2D eigenvalue weighted by Gasteiger charge is 2.36. The van der Waals surface area contributed by atoms with Crippen LogP contribution in [-0.2, 0) is 4.43 Å². The quantitative estimate of drug-likeness (QED) is 0.585. The van der Waals surface area contributed by atoms with Crippen LogP contribution in [0.5, 0.6) is 0 Å². The van der Waals surface area contributed by atoms with E-state index in [1.807, 2.05) is 0 Å². The van der Waals surface area contributed by atoms with Gasteiger partial charge in [-0.05, 0) is 18.1 Å². The molecule has 0 rings (SSSR count). The summed E-state index contributed by atoms with van der Waals surface area (Å²) in [4.78, 5) is 0. The Morgan fingerprint density at radius 1 is 1.25 bits per heavy atom. The summed E-state index contributed by atoms with van der Waals surface area (Å²) >= 11 is 0. The Morgan fingerprint density at radius 3 is 2.25 bits per heavy atom. The lowest BCUT2D eigenvalue weighted by Gasteiger charge is -2.35. The molecule has 3 nitrogen and oxygen atoms in total. The molecular formula is C12H24O3Si. The molecule has 2 N–H and O–H groups in total. The van der Waals surface area contributed by atoms with E-state index in [4.69, 9.17) is 14.6 Å². The van der Waals surface area contributed by atoms with Crippen molar-refractivity contribution in [3.8, 4) is 11.8 Å². The molecule has 0 bridgehead atoms. The molecule has 0 aromatic carbocycles. The van der Waals surface area contributed by atoms with Crippen LogP contribution in [0.15, 0.2) is 0 Å². The summed E-state index contributed by atoms with van der Waals surface area (Å²) in [5, 5.41) is 17.8. The zero-order valence-electron chi connectivity index (χ0n) is 11.0. The molecule has 1 atom stereocenters. The van der Waals surface area contributed by atoms with E-state index < -0.39 is 14.4 Å². The van der Waals surface area contributed by atoms with Crippen molar-refractivity contribution in [3.05, 3.63) is 0 Å². The van der Waals surface area contributed by atoms with Gasteiger partial charge in [0.25, 0.3) is 0 Å². The fraction of sp³-hybridized carbons (Fsp3) is 0.833. The van der Waals surface area contributed by atoms with E-state index in [0.29, 0.717) is 13.0 Å². The fourth-order valence-corrected chi connectivity index (χ4v) is 1.60. The van der Waals surface area contributed by atoms with Gasteiger partial charge < -0.3 is 14.6 Å². The summed E-state index contributed by atoms with van der Waals surface area (Å²) in [7, 11) is -1.70. The molecule has 0 heterocycles. The van der Waals surface area contributed by atoms with E-state index in [1.165, 1.54) is 0 Å². The minimum atomic E-state index is -1.70. The fourth-order valence-electron chi connectivity index (χ4n) is 0.739. The predicted octanol–water partition coefficient (Wildman–Crippen LogP) is 1.75. The maximum atomic E-state index is 9.06. The van der Waals surface area contributed by atoms with Crippen LogP contribution in [0.2, 0.25) is 18.1 Å². The van der Waals surface area contributed by atoms with E-state index in [2.05, 4.69) is 45.7 Å². The summed E-state index contributed by atoms with van der Waals surface area (Å²) in [6.45, 7) is 11.1. The normalized spacial score (nSPS) is 14.2. The van der Waals surface area contributed by atoms with Gasteiger partial charge in [-0.2, -0.15) is 0 Å². The molecule has 94 valence electrons. The molecule has 0 fully saturated rings. The summed E-state index contributed by atoms with van der Waals surface area (Å²) in [5.74, 6) is 5.67. The smallest absolute Gasteiger partial charge is 0.193 e. The second-order valence-corrected chi connectivity index (χ2v) is 10.3. The molecule has 0 aromatic heterocycles. The van der Waals surface area contributed by atoms with Crippen LogP contribution in [-0.4, -0.2) is 37.8 Å². The molecule has 0 aliphatic rings. The number of rotatable bonds is 4. The number of aliphatic hydroxyl groups excluding tert-OH is 2. The van der Waals surface area contributed by atoms with Gasteiger partial charge in [-0.25, -0.2) is 0 Å². The van der Waals surface area contributed by atoms with Gasteiger partial charge in [0.2, 0.25) is 0 Å². The van der Waals surface area contributed by atoms with Gasteiger partial charge in [-0.3, -0.25) is 0 Å². The van der Waals surface area contributed by atoms with Crippen LogP contribution in [0.3, 0.4) is 0 Å². The van der Waals surface area contributed by atoms with Crippen molar-refractivity contribution in [1.29, 1.82) is 0 Å². The van der Waals surface area contributed by atoms with Gasteiger partial charge in [0.15, 0.2) is 8.32 Å². The predicted molar refractivity (Wildman–Crippen MR) is 68.6 cm³/mol. The van der Waals surface area contributed by atoms with Crippen LogP contribution in [0, 0.1) is 11.8 Å². The van der Waals surface area contributed by atoms with E-state index in [9.17, 15) is 0 Å². The lowest BCUT2D eigenvalue weighted by molar-refractivity contribution is 0.0992. The second kappa shape index (κ2) is 6.41. The zero-order chi connectivity index (χ0) is 12.8. The molecule has 0 amide bonds. The molecule has 1 unspecified atom stereocenters. The number of hydrogen-bond donors (Lipinski definition) is 2. The molecule has 0 aromatic rings. The Morgan fingerprint density at radius 2 is 1.81 bits per heavy atom. The topological polar surface area (TPSA) is 49.7 Å². The Bertz CT molecular complexity index is 258. The molecule has 0 aliphatic heterocycles. The van der Waals surface area contributed by atoms with Crippen LogP contribution in [0.25, 0.3) is 0 Å². The molecule has 0 saturated heterocycles. The van der Waals surface area contributed by atoms with Gasteiger partial charge in [0.05, 0.1) is 19.3 Å². The van der Waals surface area contributed by atoms with Crippen molar-refractivity contribution in [2.75, 3.05) is 13.2 Å². The highest BCUT2D eigenvalue weighted by Crippen LogP contribution is 2.36. The van der Waals surface area contributed by atoms with Crippen LogP contribution >= 0.6 is 0 Å². The molecule has 0 aliphatic carbocycles. The number of aliphatic hydroxyl groups is 2. The summed E-state index contributed by atoms with van der Waals surface area (Å²) < 4.78 is 5.83. The summed E-state index contributed by atoms with van der Waals surface area (Å²) in [6, 6.07) is 0. The molecular weight excluding hydrogens is 220 g/mol. The Balaban J connectivity index is 3.99. The maximum Gasteiger partial charge on any atom is 0.193 e. The van der Waals surface area contributed by atoms with Crippen molar-refractivity contribution in [1.82, 2.24) is 0 Å². The van der Waals surface area contributed by atoms with Crippen molar-refractivity contribution >= 4 is 8.32 Å². The average molecular weight is 244 g/mol. The van der Waals surface area contributed by atoms with Crippen molar-refractivity contribution in [2.45, 2.75) is 51.4 Å². The van der Waals surface area contributed by atoms with Crippen molar-refractivity contribution < 1.29 is 14.6 Å². The lowest BCUT2D eigenvalue weighted by atomic mass is 10.2. The van der Waals surface area contributed by atoms with Crippen LogP contribution in [0.4, 0.5) is 0 Å². The first-order valence-electron chi connectivity index (χ1n) is 5.59. The highest BCUT2D eigenvalue weighted by molar-refractivity contribution is 6.74. The number of hydrogen-bond acceptors (Lipinski definition) is 3. The third kappa shape index (κ3) is 5.66. The summed E-state index contributed by atoms with van der Waals surface area (Å²) in [5.41, 5.74) is 0.